The number of fused-ring (bicyclic) bond motifs is 1. The Bertz CT molecular complexity index is 761. The van der Waals surface area contributed by atoms with Crippen LogP contribution in [-0.2, 0) is 4.79 Å². The van der Waals surface area contributed by atoms with Crippen LogP contribution >= 0.6 is 0 Å². The largest absolute Gasteiger partial charge is 0.493 e. The molecule has 0 aromatic heterocycles. The lowest BCUT2D eigenvalue weighted by Crippen LogP contribution is -2.43. The Morgan fingerprint density at radius 1 is 1.21 bits per heavy atom. The first-order valence-electron chi connectivity index (χ1n) is 7.69. The molecule has 1 atom stereocenters. The molecule has 0 radical (unpaired) electrons. The number of nitrogens with zero attached hydrogens (tertiary/aromatic N) is 1. The zero-order valence-electron chi connectivity index (χ0n) is 13.1. The van der Waals surface area contributed by atoms with E-state index in [-0.39, 0.29) is 18.5 Å². The second-order valence-corrected chi connectivity index (χ2v) is 5.55. The van der Waals surface area contributed by atoms with E-state index in [1.807, 2.05) is 6.92 Å². The van der Waals surface area contributed by atoms with Crippen molar-refractivity contribution in [2.75, 3.05) is 13.2 Å². The zero-order valence-corrected chi connectivity index (χ0v) is 13.1. The maximum Gasteiger partial charge on any atom is 0.409 e. The fourth-order valence-electron chi connectivity index (χ4n) is 3.03. The summed E-state index contributed by atoms with van der Waals surface area (Å²) in [5.74, 6) is 0.141. The third-order valence-corrected chi connectivity index (χ3v) is 3.98. The van der Waals surface area contributed by atoms with E-state index in [1.165, 1.54) is 6.07 Å². The summed E-state index contributed by atoms with van der Waals surface area (Å²) in [6.07, 6.45) is -4.46. The Balaban J connectivity index is 2.14. The third kappa shape index (κ3) is 3.03. The fourth-order valence-corrected chi connectivity index (χ4v) is 3.03. The molecule has 1 aliphatic rings. The van der Waals surface area contributed by atoms with E-state index in [1.54, 1.807) is 30.3 Å². The molecule has 2 aromatic rings. The smallest absolute Gasteiger partial charge is 0.409 e. The van der Waals surface area contributed by atoms with Gasteiger partial charge in [-0.25, -0.2) is 5.01 Å². The molecule has 1 heterocycles. The van der Waals surface area contributed by atoms with Gasteiger partial charge in [0.05, 0.1) is 6.61 Å². The van der Waals surface area contributed by atoms with Crippen molar-refractivity contribution >= 4 is 16.7 Å². The highest BCUT2D eigenvalue weighted by Gasteiger charge is 2.47. The Labute approximate surface area is 137 Å². The summed E-state index contributed by atoms with van der Waals surface area (Å²) >= 11 is 0. The molecule has 1 amide bonds. The van der Waals surface area contributed by atoms with Gasteiger partial charge < -0.3 is 4.74 Å². The van der Waals surface area contributed by atoms with Gasteiger partial charge in [-0.1, -0.05) is 30.3 Å². The third-order valence-electron chi connectivity index (χ3n) is 3.98. The molecule has 1 fully saturated rings. The van der Waals surface area contributed by atoms with Crippen molar-refractivity contribution in [3.8, 4) is 5.75 Å². The molecule has 3 rings (SSSR count). The van der Waals surface area contributed by atoms with E-state index in [2.05, 4.69) is 5.43 Å². The van der Waals surface area contributed by atoms with Crippen molar-refractivity contribution in [1.29, 1.82) is 0 Å². The van der Waals surface area contributed by atoms with Gasteiger partial charge in [0, 0.05) is 18.4 Å². The van der Waals surface area contributed by atoms with Crippen molar-refractivity contribution in [3.63, 3.8) is 0 Å². The van der Waals surface area contributed by atoms with Crippen LogP contribution in [0.4, 0.5) is 13.2 Å². The molecule has 128 valence electrons. The number of ether oxygens (including phenoxy) is 1. The number of carbonyl (C=O) groups is 1. The lowest BCUT2D eigenvalue weighted by atomic mass is 9.97. The molecule has 4 nitrogen and oxygen atoms in total. The van der Waals surface area contributed by atoms with Gasteiger partial charge in [0.25, 0.3) is 0 Å². The minimum Gasteiger partial charge on any atom is -0.493 e. The zero-order chi connectivity index (χ0) is 17.3. The molecule has 1 aliphatic heterocycles. The Hall–Kier alpha value is -2.28. The molecule has 24 heavy (non-hydrogen) atoms. The number of benzene rings is 2. The van der Waals surface area contributed by atoms with Gasteiger partial charge in [0.15, 0.2) is 6.04 Å². The number of amides is 1. The van der Waals surface area contributed by atoms with Crippen LogP contribution in [0.25, 0.3) is 10.8 Å². The molecule has 0 aliphatic carbocycles. The summed E-state index contributed by atoms with van der Waals surface area (Å²) in [6.45, 7) is 2.26. The molecule has 2 aromatic carbocycles. The average molecular weight is 338 g/mol. The van der Waals surface area contributed by atoms with E-state index < -0.39 is 18.1 Å². The summed E-state index contributed by atoms with van der Waals surface area (Å²) in [5, 5.41) is 2.05. The van der Waals surface area contributed by atoms with Gasteiger partial charge in [0.1, 0.15) is 5.75 Å². The van der Waals surface area contributed by atoms with Gasteiger partial charge in [0.2, 0.25) is 5.91 Å². The van der Waals surface area contributed by atoms with Crippen LogP contribution in [0.3, 0.4) is 0 Å². The number of alkyl halides is 3. The quantitative estimate of drug-likeness (QED) is 0.926. The molecular formula is C17H17F3N2O2. The Morgan fingerprint density at radius 2 is 1.92 bits per heavy atom. The normalized spacial score (nSPS) is 17.1. The molecule has 0 spiro atoms. The Kier molecular flexibility index (Phi) is 4.36. The van der Waals surface area contributed by atoms with Gasteiger partial charge in [-0.3, -0.25) is 10.2 Å². The molecular weight excluding hydrogens is 321 g/mol. The van der Waals surface area contributed by atoms with Crippen LogP contribution in [0.15, 0.2) is 36.4 Å². The van der Waals surface area contributed by atoms with Crippen molar-refractivity contribution in [3.05, 3.63) is 42.0 Å². The van der Waals surface area contributed by atoms with Crippen LogP contribution in [0, 0.1) is 0 Å². The second-order valence-electron chi connectivity index (χ2n) is 5.55. The predicted molar refractivity (Wildman–Crippen MR) is 83.4 cm³/mol. The monoisotopic (exact) mass is 338 g/mol. The van der Waals surface area contributed by atoms with Crippen LogP contribution < -0.4 is 10.2 Å². The SMILES string of the molecule is CCOc1cccc2c([C@H](N3CCC(=O)N3)C(F)(F)F)cccc12. The fraction of sp³-hybridized carbons (Fsp3) is 0.353. The first kappa shape index (κ1) is 16.6. The molecule has 0 unspecified atom stereocenters. The number of halogens is 3. The first-order chi connectivity index (χ1) is 11.4. The highest BCUT2D eigenvalue weighted by Crippen LogP contribution is 2.41. The van der Waals surface area contributed by atoms with Gasteiger partial charge in [-0.05, 0) is 23.9 Å². The maximum absolute atomic E-state index is 13.7. The second kappa shape index (κ2) is 6.32. The van der Waals surface area contributed by atoms with Crippen molar-refractivity contribution in [2.45, 2.75) is 25.6 Å². The number of hydrazine groups is 1. The molecule has 1 N–H and O–H groups in total. The molecule has 7 heteroatoms. The predicted octanol–water partition coefficient (Wildman–Crippen LogP) is 3.58. The lowest BCUT2D eigenvalue weighted by molar-refractivity contribution is -0.190. The molecule has 0 bridgehead atoms. The van der Waals surface area contributed by atoms with Crippen LogP contribution in [-0.4, -0.2) is 30.2 Å². The number of rotatable bonds is 4. The molecule has 1 saturated heterocycles. The maximum atomic E-state index is 13.7. The highest BCUT2D eigenvalue weighted by molar-refractivity contribution is 5.91. The number of nitrogens with one attached hydrogen (secondary N) is 1. The van der Waals surface area contributed by atoms with Crippen LogP contribution in [0.5, 0.6) is 5.75 Å². The van der Waals surface area contributed by atoms with E-state index in [9.17, 15) is 18.0 Å². The van der Waals surface area contributed by atoms with Crippen LogP contribution in [0.1, 0.15) is 24.9 Å². The Morgan fingerprint density at radius 3 is 2.54 bits per heavy atom. The molecule has 0 saturated carbocycles. The van der Waals surface area contributed by atoms with Crippen molar-refractivity contribution < 1.29 is 22.7 Å². The topological polar surface area (TPSA) is 41.6 Å². The minimum atomic E-state index is -4.52. The van der Waals surface area contributed by atoms with E-state index in [0.717, 1.165) is 5.01 Å². The number of hydrogen-bond donors (Lipinski definition) is 1. The standard InChI is InChI=1S/C17H17F3N2O2/c1-2-24-14-8-4-5-11-12(14)6-3-7-13(11)16(17(18,19)20)22-10-9-15(23)21-22/h3-8,16H,2,9-10H2,1H3,(H,21,23)/t16-/m0/s1. The summed E-state index contributed by atoms with van der Waals surface area (Å²) in [6, 6.07) is 7.91. The number of hydrogen-bond acceptors (Lipinski definition) is 3. The van der Waals surface area contributed by atoms with Crippen molar-refractivity contribution in [2.24, 2.45) is 0 Å². The van der Waals surface area contributed by atoms with Crippen molar-refractivity contribution in [1.82, 2.24) is 10.4 Å². The number of carbonyl (C=O) groups excluding carboxylic acids is 1. The van der Waals surface area contributed by atoms with Gasteiger partial charge in [-0.2, -0.15) is 13.2 Å². The minimum absolute atomic E-state index is 0.0184. The first-order valence-corrected chi connectivity index (χ1v) is 7.69. The van der Waals surface area contributed by atoms with E-state index >= 15 is 0 Å². The summed E-state index contributed by atoms with van der Waals surface area (Å²) in [7, 11) is 0. The summed E-state index contributed by atoms with van der Waals surface area (Å²) in [5.41, 5.74) is 2.41. The van der Waals surface area contributed by atoms with Gasteiger partial charge >= 0.3 is 6.18 Å². The summed E-state index contributed by atoms with van der Waals surface area (Å²) in [4.78, 5) is 11.4. The van der Waals surface area contributed by atoms with Gasteiger partial charge in [-0.15, -0.1) is 0 Å². The van der Waals surface area contributed by atoms with E-state index in [4.69, 9.17) is 4.74 Å². The average Bonchev–Trinajstić information content (AvgIpc) is 2.93. The lowest BCUT2D eigenvalue weighted by Gasteiger charge is -2.30. The highest BCUT2D eigenvalue weighted by atomic mass is 19.4. The summed E-state index contributed by atoms with van der Waals surface area (Å²) < 4.78 is 46.7. The van der Waals surface area contributed by atoms with E-state index in [0.29, 0.717) is 23.1 Å². The van der Waals surface area contributed by atoms with Crippen LogP contribution in [0.2, 0.25) is 0 Å².